The summed E-state index contributed by atoms with van der Waals surface area (Å²) in [4.78, 5) is 14.1. The number of morpholine rings is 1. The molecule has 0 aliphatic carbocycles. The summed E-state index contributed by atoms with van der Waals surface area (Å²) in [5.41, 5.74) is 5.61. The number of hydrogen-bond acceptors (Lipinski definition) is 4. The van der Waals surface area contributed by atoms with E-state index >= 15 is 0 Å². The normalized spacial score (nSPS) is 34.7. The average molecular weight is 242 g/mol. The molecule has 0 aromatic rings. The minimum absolute atomic E-state index is 0.0358. The Morgan fingerprint density at radius 1 is 1.41 bits per heavy atom. The summed E-state index contributed by atoms with van der Waals surface area (Å²) in [5, 5.41) is 0. The van der Waals surface area contributed by atoms with Crippen LogP contribution in [0.4, 0.5) is 0 Å². The van der Waals surface area contributed by atoms with E-state index in [9.17, 15) is 4.79 Å². The van der Waals surface area contributed by atoms with Crippen LogP contribution in [0.3, 0.4) is 0 Å². The van der Waals surface area contributed by atoms with Crippen molar-refractivity contribution in [1.29, 1.82) is 0 Å². The first kappa shape index (κ1) is 12.8. The lowest BCUT2D eigenvalue weighted by atomic mass is 10.1. The van der Waals surface area contributed by atoms with Crippen LogP contribution >= 0.6 is 0 Å². The Balaban J connectivity index is 1.93. The third-order valence-corrected chi connectivity index (χ3v) is 3.36. The molecule has 3 unspecified atom stereocenters. The molecule has 0 aromatic carbocycles. The predicted molar refractivity (Wildman–Crippen MR) is 63.6 cm³/mol. The molecule has 5 heteroatoms. The Bertz CT molecular complexity index is 266. The highest BCUT2D eigenvalue weighted by Gasteiger charge is 2.32. The highest BCUT2D eigenvalue weighted by atomic mass is 16.5. The van der Waals surface area contributed by atoms with E-state index in [-0.39, 0.29) is 24.2 Å². The fraction of sp³-hybridized carbons (Fsp3) is 0.917. The first-order chi connectivity index (χ1) is 8.20. The summed E-state index contributed by atoms with van der Waals surface area (Å²) in [6.45, 7) is 4.38. The van der Waals surface area contributed by atoms with Crippen LogP contribution in [-0.4, -0.2) is 55.4 Å². The van der Waals surface area contributed by atoms with Gasteiger partial charge < -0.3 is 20.1 Å². The van der Waals surface area contributed by atoms with E-state index < -0.39 is 0 Å². The van der Waals surface area contributed by atoms with Crippen LogP contribution in [0.2, 0.25) is 0 Å². The Morgan fingerprint density at radius 3 is 2.88 bits per heavy atom. The fourth-order valence-electron chi connectivity index (χ4n) is 2.49. The average Bonchev–Trinajstić information content (AvgIpc) is 2.38. The lowest BCUT2D eigenvalue weighted by molar-refractivity contribution is -0.157. The van der Waals surface area contributed by atoms with Crippen LogP contribution in [0.5, 0.6) is 0 Å². The molecule has 17 heavy (non-hydrogen) atoms. The van der Waals surface area contributed by atoms with Crippen LogP contribution in [-0.2, 0) is 14.3 Å². The second-order valence-electron chi connectivity index (χ2n) is 4.90. The van der Waals surface area contributed by atoms with E-state index in [1.54, 1.807) is 0 Å². The number of carbonyl (C=O) groups excluding carboxylic acids is 1. The monoisotopic (exact) mass is 242 g/mol. The van der Waals surface area contributed by atoms with Gasteiger partial charge in [0, 0.05) is 26.2 Å². The van der Waals surface area contributed by atoms with E-state index in [2.05, 4.69) is 0 Å². The molecule has 0 radical (unpaired) electrons. The van der Waals surface area contributed by atoms with Crippen molar-refractivity contribution in [1.82, 2.24) is 4.90 Å². The van der Waals surface area contributed by atoms with Crippen molar-refractivity contribution in [2.45, 2.75) is 44.5 Å². The molecule has 0 aromatic heterocycles. The van der Waals surface area contributed by atoms with Gasteiger partial charge in [0.25, 0.3) is 5.91 Å². The molecule has 0 spiro atoms. The van der Waals surface area contributed by atoms with E-state index in [4.69, 9.17) is 15.2 Å². The Hall–Kier alpha value is -0.650. The highest BCUT2D eigenvalue weighted by Crippen LogP contribution is 2.18. The largest absolute Gasteiger partial charge is 0.370 e. The zero-order valence-electron chi connectivity index (χ0n) is 10.4. The molecule has 2 aliphatic heterocycles. The van der Waals surface area contributed by atoms with Crippen LogP contribution in [0.25, 0.3) is 0 Å². The molecule has 2 saturated heterocycles. The molecule has 5 nitrogen and oxygen atoms in total. The molecule has 2 rings (SSSR count). The zero-order valence-corrected chi connectivity index (χ0v) is 10.4. The minimum atomic E-state index is -0.243. The van der Waals surface area contributed by atoms with Crippen LogP contribution in [0, 0.1) is 0 Å². The summed E-state index contributed by atoms with van der Waals surface area (Å²) in [5.74, 6) is 0.110. The number of nitrogens with two attached hydrogens (primary N) is 1. The first-order valence-corrected chi connectivity index (χ1v) is 6.46. The highest BCUT2D eigenvalue weighted by molar-refractivity contribution is 5.81. The van der Waals surface area contributed by atoms with Gasteiger partial charge in [-0.15, -0.1) is 0 Å². The van der Waals surface area contributed by atoms with Gasteiger partial charge >= 0.3 is 0 Å². The molecule has 2 aliphatic rings. The molecule has 3 atom stereocenters. The summed E-state index contributed by atoms with van der Waals surface area (Å²) < 4.78 is 11.2. The van der Waals surface area contributed by atoms with E-state index in [1.807, 2.05) is 11.8 Å². The van der Waals surface area contributed by atoms with Crippen LogP contribution in [0.1, 0.15) is 26.2 Å². The maximum absolute atomic E-state index is 12.3. The number of carbonyl (C=O) groups is 1. The molecule has 2 fully saturated rings. The zero-order chi connectivity index (χ0) is 12.3. The molecular weight excluding hydrogens is 220 g/mol. The fourth-order valence-corrected chi connectivity index (χ4v) is 2.49. The van der Waals surface area contributed by atoms with Crippen molar-refractivity contribution in [3.05, 3.63) is 0 Å². The molecule has 0 saturated carbocycles. The van der Waals surface area contributed by atoms with Crippen molar-refractivity contribution >= 4 is 5.91 Å². The van der Waals surface area contributed by atoms with Gasteiger partial charge in [0.15, 0.2) is 0 Å². The Labute approximate surface area is 102 Å². The predicted octanol–water partition coefficient (Wildman–Crippen LogP) is 0.130. The first-order valence-electron chi connectivity index (χ1n) is 6.46. The van der Waals surface area contributed by atoms with Crippen molar-refractivity contribution in [2.24, 2.45) is 5.73 Å². The molecule has 2 heterocycles. The van der Waals surface area contributed by atoms with Crippen molar-refractivity contribution < 1.29 is 14.3 Å². The van der Waals surface area contributed by atoms with Gasteiger partial charge in [-0.3, -0.25) is 4.79 Å². The maximum atomic E-state index is 12.3. The standard InChI is InChI=1S/C12H22N2O3/c1-9-7-14(8-10(6-13)17-9)12(15)11-4-2-3-5-16-11/h9-11H,2-8,13H2,1H3. The topological polar surface area (TPSA) is 64.8 Å². The summed E-state index contributed by atoms with van der Waals surface area (Å²) in [7, 11) is 0. The molecule has 2 N–H and O–H groups in total. The Morgan fingerprint density at radius 2 is 2.24 bits per heavy atom. The Kier molecular flexibility index (Phi) is 4.36. The quantitative estimate of drug-likeness (QED) is 0.747. The second-order valence-corrected chi connectivity index (χ2v) is 4.90. The minimum Gasteiger partial charge on any atom is -0.370 e. The molecule has 0 bridgehead atoms. The van der Waals surface area contributed by atoms with Crippen LogP contribution in [0.15, 0.2) is 0 Å². The maximum Gasteiger partial charge on any atom is 0.251 e. The lowest BCUT2D eigenvalue weighted by Crippen LogP contribution is -2.54. The van der Waals surface area contributed by atoms with E-state index in [1.165, 1.54) is 0 Å². The van der Waals surface area contributed by atoms with Gasteiger partial charge in [0.05, 0.1) is 12.2 Å². The van der Waals surface area contributed by atoms with Gasteiger partial charge in [-0.05, 0) is 26.2 Å². The summed E-state index contributed by atoms with van der Waals surface area (Å²) >= 11 is 0. The molecule has 1 amide bonds. The number of ether oxygens (including phenoxy) is 2. The molecule has 98 valence electrons. The van der Waals surface area contributed by atoms with E-state index in [0.29, 0.717) is 26.2 Å². The van der Waals surface area contributed by atoms with Gasteiger partial charge in [0.1, 0.15) is 6.10 Å². The SMILES string of the molecule is CC1CN(C(=O)C2CCCCO2)CC(CN)O1. The summed E-state index contributed by atoms with van der Waals surface area (Å²) in [6.07, 6.45) is 2.77. The van der Waals surface area contributed by atoms with Gasteiger partial charge in [-0.25, -0.2) is 0 Å². The summed E-state index contributed by atoms with van der Waals surface area (Å²) in [6, 6.07) is 0. The van der Waals surface area contributed by atoms with Crippen LogP contribution < -0.4 is 5.73 Å². The number of nitrogens with zero attached hydrogens (tertiary/aromatic N) is 1. The third-order valence-electron chi connectivity index (χ3n) is 3.36. The lowest BCUT2D eigenvalue weighted by Gasteiger charge is -2.38. The van der Waals surface area contributed by atoms with Crippen molar-refractivity contribution in [2.75, 3.05) is 26.2 Å². The number of hydrogen-bond donors (Lipinski definition) is 1. The number of rotatable bonds is 2. The van der Waals surface area contributed by atoms with Gasteiger partial charge in [0.2, 0.25) is 0 Å². The van der Waals surface area contributed by atoms with Crippen molar-refractivity contribution in [3.63, 3.8) is 0 Å². The molecular formula is C12H22N2O3. The third kappa shape index (κ3) is 3.18. The number of amides is 1. The van der Waals surface area contributed by atoms with E-state index in [0.717, 1.165) is 19.3 Å². The van der Waals surface area contributed by atoms with Crippen molar-refractivity contribution in [3.8, 4) is 0 Å². The van der Waals surface area contributed by atoms with Gasteiger partial charge in [-0.1, -0.05) is 0 Å². The smallest absolute Gasteiger partial charge is 0.251 e. The second kappa shape index (κ2) is 5.80. The van der Waals surface area contributed by atoms with Gasteiger partial charge in [-0.2, -0.15) is 0 Å².